The molecule has 86 valence electrons. The molecule has 0 aromatic heterocycles. The summed E-state index contributed by atoms with van der Waals surface area (Å²) in [4.78, 5) is 13.2. The summed E-state index contributed by atoms with van der Waals surface area (Å²) in [6, 6.07) is 1.96. The molecule has 0 fully saturated rings. The zero-order chi connectivity index (χ0) is 11.5. The molecular formula is C10H19N3O2. The quantitative estimate of drug-likeness (QED) is 0.544. The number of aliphatic hydroxyl groups is 1. The van der Waals surface area contributed by atoms with Crippen molar-refractivity contribution in [1.82, 2.24) is 10.2 Å². The van der Waals surface area contributed by atoms with Crippen molar-refractivity contribution in [3.63, 3.8) is 0 Å². The molecule has 0 saturated carbocycles. The van der Waals surface area contributed by atoms with Crippen molar-refractivity contribution in [2.75, 3.05) is 32.8 Å². The Morgan fingerprint density at radius 3 is 2.80 bits per heavy atom. The van der Waals surface area contributed by atoms with Gasteiger partial charge in [0.25, 0.3) is 0 Å². The standard InChI is InChI=1S/C10H19N3O2/c1-2-6-13(7-8-14)9-10(15)12-5-3-4-11/h14H,2-3,5-9H2,1H3,(H,12,15). The Morgan fingerprint density at radius 2 is 2.27 bits per heavy atom. The molecule has 0 spiro atoms. The van der Waals surface area contributed by atoms with Gasteiger partial charge in [-0.25, -0.2) is 0 Å². The van der Waals surface area contributed by atoms with Gasteiger partial charge in [-0.15, -0.1) is 0 Å². The van der Waals surface area contributed by atoms with E-state index >= 15 is 0 Å². The molecular weight excluding hydrogens is 194 g/mol. The highest BCUT2D eigenvalue weighted by Crippen LogP contribution is 1.90. The van der Waals surface area contributed by atoms with Gasteiger partial charge in [-0.3, -0.25) is 9.69 Å². The molecule has 5 nitrogen and oxygen atoms in total. The molecule has 15 heavy (non-hydrogen) atoms. The number of carbonyl (C=O) groups excluding carboxylic acids is 1. The first-order valence-electron chi connectivity index (χ1n) is 5.21. The number of nitriles is 1. The first kappa shape index (κ1) is 13.9. The van der Waals surface area contributed by atoms with Crippen molar-refractivity contribution in [3.05, 3.63) is 0 Å². The van der Waals surface area contributed by atoms with Gasteiger partial charge in [0.15, 0.2) is 0 Å². The highest BCUT2D eigenvalue weighted by Gasteiger charge is 2.08. The van der Waals surface area contributed by atoms with Crippen LogP contribution in [0, 0.1) is 11.3 Å². The number of amides is 1. The van der Waals surface area contributed by atoms with E-state index < -0.39 is 0 Å². The van der Waals surface area contributed by atoms with Crippen molar-refractivity contribution in [1.29, 1.82) is 5.26 Å². The molecule has 0 aromatic rings. The summed E-state index contributed by atoms with van der Waals surface area (Å²) in [6.45, 7) is 4.09. The molecule has 0 aliphatic rings. The van der Waals surface area contributed by atoms with E-state index in [2.05, 4.69) is 5.32 Å². The Kier molecular flexibility index (Phi) is 8.73. The average molecular weight is 213 g/mol. The number of nitrogens with zero attached hydrogens (tertiary/aromatic N) is 2. The summed E-state index contributed by atoms with van der Waals surface area (Å²) in [5.41, 5.74) is 0. The monoisotopic (exact) mass is 213 g/mol. The Bertz CT molecular complexity index is 207. The molecule has 1 amide bonds. The van der Waals surface area contributed by atoms with Gasteiger partial charge in [-0.1, -0.05) is 6.92 Å². The van der Waals surface area contributed by atoms with Gasteiger partial charge in [0.2, 0.25) is 5.91 Å². The lowest BCUT2D eigenvalue weighted by Crippen LogP contribution is -2.39. The van der Waals surface area contributed by atoms with E-state index in [-0.39, 0.29) is 12.5 Å². The number of hydrogen-bond donors (Lipinski definition) is 2. The van der Waals surface area contributed by atoms with Gasteiger partial charge in [-0.2, -0.15) is 5.26 Å². The minimum atomic E-state index is -0.0906. The highest BCUT2D eigenvalue weighted by atomic mass is 16.3. The smallest absolute Gasteiger partial charge is 0.234 e. The Labute approximate surface area is 90.7 Å². The van der Waals surface area contributed by atoms with Gasteiger partial charge in [0.05, 0.1) is 25.6 Å². The van der Waals surface area contributed by atoms with Gasteiger partial charge in [0.1, 0.15) is 0 Å². The van der Waals surface area contributed by atoms with Gasteiger partial charge >= 0.3 is 0 Å². The van der Waals surface area contributed by atoms with Crippen LogP contribution in [-0.2, 0) is 4.79 Å². The first-order valence-corrected chi connectivity index (χ1v) is 5.21. The lowest BCUT2D eigenvalue weighted by molar-refractivity contribution is -0.122. The fraction of sp³-hybridized carbons (Fsp3) is 0.800. The molecule has 0 bridgehead atoms. The molecule has 0 unspecified atom stereocenters. The fourth-order valence-electron chi connectivity index (χ4n) is 1.24. The van der Waals surface area contributed by atoms with Crippen molar-refractivity contribution in [2.24, 2.45) is 0 Å². The second kappa shape index (κ2) is 9.44. The molecule has 0 aliphatic carbocycles. The largest absolute Gasteiger partial charge is 0.395 e. The molecule has 0 radical (unpaired) electrons. The predicted molar refractivity (Wildman–Crippen MR) is 57.1 cm³/mol. The zero-order valence-electron chi connectivity index (χ0n) is 9.20. The van der Waals surface area contributed by atoms with Crippen LogP contribution in [0.2, 0.25) is 0 Å². The molecule has 0 aromatic carbocycles. The number of aliphatic hydroxyl groups excluding tert-OH is 1. The van der Waals surface area contributed by atoms with E-state index in [1.54, 1.807) is 0 Å². The minimum absolute atomic E-state index is 0.0610. The van der Waals surface area contributed by atoms with Crippen LogP contribution in [-0.4, -0.2) is 48.7 Å². The summed E-state index contributed by atoms with van der Waals surface area (Å²) in [5, 5.41) is 19.7. The first-order chi connectivity index (χ1) is 7.24. The molecule has 0 aliphatic heterocycles. The summed E-state index contributed by atoms with van der Waals surface area (Å²) in [5.74, 6) is -0.0906. The Balaban J connectivity index is 3.73. The van der Waals surface area contributed by atoms with Crippen molar-refractivity contribution in [3.8, 4) is 6.07 Å². The fourth-order valence-corrected chi connectivity index (χ4v) is 1.24. The maximum Gasteiger partial charge on any atom is 0.234 e. The summed E-state index contributed by atoms with van der Waals surface area (Å²) < 4.78 is 0. The van der Waals surface area contributed by atoms with Crippen molar-refractivity contribution in [2.45, 2.75) is 19.8 Å². The van der Waals surface area contributed by atoms with Crippen LogP contribution in [0.1, 0.15) is 19.8 Å². The minimum Gasteiger partial charge on any atom is -0.395 e. The predicted octanol–water partition coefficient (Wildman–Crippen LogP) is -0.279. The maximum atomic E-state index is 11.3. The highest BCUT2D eigenvalue weighted by molar-refractivity contribution is 5.77. The van der Waals surface area contributed by atoms with Crippen molar-refractivity contribution < 1.29 is 9.90 Å². The topological polar surface area (TPSA) is 76.4 Å². The van der Waals surface area contributed by atoms with Crippen LogP contribution in [0.5, 0.6) is 0 Å². The van der Waals surface area contributed by atoms with Crippen LogP contribution >= 0.6 is 0 Å². The second-order valence-electron chi connectivity index (χ2n) is 3.26. The van der Waals surface area contributed by atoms with Crippen LogP contribution in [0.4, 0.5) is 0 Å². The molecule has 0 rings (SSSR count). The zero-order valence-corrected chi connectivity index (χ0v) is 9.20. The Hall–Kier alpha value is -1.12. The van der Waals surface area contributed by atoms with E-state index in [1.807, 2.05) is 17.9 Å². The van der Waals surface area contributed by atoms with Crippen LogP contribution in [0.15, 0.2) is 0 Å². The SMILES string of the molecule is CCCN(CCO)CC(=O)NCCC#N. The lowest BCUT2D eigenvalue weighted by atomic mass is 10.3. The number of hydrogen-bond acceptors (Lipinski definition) is 4. The summed E-state index contributed by atoms with van der Waals surface area (Å²) in [6.07, 6.45) is 1.28. The average Bonchev–Trinajstić information content (AvgIpc) is 2.19. The second-order valence-corrected chi connectivity index (χ2v) is 3.26. The van der Waals surface area contributed by atoms with Crippen LogP contribution in [0.3, 0.4) is 0 Å². The number of carbonyl (C=O) groups is 1. The van der Waals surface area contributed by atoms with E-state index in [0.717, 1.165) is 13.0 Å². The molecule has 5 heteroatoms. The number of rotatable bonds is 8. The number of nitrogens with one attached hydrogen (secondary N) is 1. The molecule has 2 N–H and O–H groups in total. The van der Waals surface area contributed by atoms with E-state index in [1.165, 1.54) is 0 Å². The van der Waals surface area contributed by atoms with Gasteiger partial charge < -0.3 is 10.4 Å². The third kappa shape index (κ3) is 7.91. The third-order valence-electron chi connectivity index (χ3n) is 1.88. The molecule has 0 atom stereocenters. The lowest BCUT2D eigenvalue weighted by Gasteiger charge is -2.19. The summed E-state index contributed by atoms with van der Waals surface area (Å²) in [7, 11) is 0. The van der Waals surface area contributed by atoms with Crippen molar-refractivity contribution >= 4 is 5.91 Å². The normalized spacial score (nSPS) is 10.0. The molecule has 0 saturated heterocycles. The Morgan fingerprint density at radius 1 is 1.53 bits per heavy atom. The van der Waals surface area contributed by atoms with Crippen LogP contribution < -0.4 is 5.32 Å². The van der Waals surface area contributed by atoms with E-state index in [9.17, 15) is 4.79 Å². The molecule has 0 heterocycles. The van der Waals surface area contributed by atoms with Crippen LogP contribution in [0.25, 0.3) is 0 Å². The van der Waals surface area contributed by atoms with Gasteiger partial charge in [-0.05, 0) is 13.0 Å². The van der Waals surface area contributed by atoms with E-state index in [0.29, 0.717) is 26.1 Å². The maximum absolute atomic E-state index is 11.3. The summed E-state index contributed by atoms with van der Waals surface area (Å²) >= 11 is 0. The third-order valence-corrected chi connectivity index (χ3v) is 1.88. The van der Waals surface area contributed by atoms with Gasteiger partial charge in [0, 0.05) is 13.1 Å². The van der Waals surface area contributed by atoms with E-state index in [4.69, 9.17) is 10.4 Å².